The molecule has 4 rings (SSSR count). The van der Waals surface area contributed by atoms with Gasteiger partial charge in [-0.3, -0.25) is 4.79 Å². The normalized spacial score (nSPS) is 15.5. The summed E-state index contributed by atoms with van der Waals surface area (Å²) in [5.41, 5.74) is 3.21. The van der Waals surface area contributed by atoms with E-state index in [1.165, 1.54) is 0 Å². The number of rotatable bonds is 5. The minimum atomic E-state index is -0.207. The number of nitrogens with one attached hydrogen (secondary N) is 2. The lowest BCUT2D eigenvalue weighted by atomic mass is 10.1. The van der Waals surface area contributed by atoms with E-state index >= 15 is 0 Å². The molecule has 0 saturated carbocycles. The molecule has 1 aromatic carbocycles. The van der Waals surface area contributed by atoms with E-state index in [1.807, 2.05) is 54.2 Å². The van der Waals surface area contributed by atoms with Crippen molar-refractivity contribution in [3.63, 3.8) is 0 Å². The predicted octanol–water partition coefficient (Wildman–Crippen LogP) is 3.55. The summed E-state index contributed by atoms with van der Waals surface area (Å²) < 4.78 is 1.90. The van der Waals surface area contributed by atoms with Gasteiger partial charge < -0.3 is 10.6 Å². The van der Waals surface area contributed by atoms with Crippen LogP contribution in [0.3, 0.4) is 0 Å². The average Bonchev–Trinajstić information content (AvgIpc) is 3.36. The fraction of sp³-hybridized carbons (Fsp3) is 0.400. The number of carbonyl (C=O) groups excluding carboxylic acids is 1. The van der Waals surface area contributed by atoms with Gasteiger partial charge >= 0.3 is 0 Å². The summed E-state index contributed by atoms with van der Waals surface area (Å²) in [5.74, 6) is -0.207. The Morgan fingerprint density at radius 2 is 2.00 bits per heavy atom. The Balaban J connectivity index is 0.00000240. The number of benzene rings is 1. The van der Waals surface area contributed by atoms with Crippen molar-refractivity contribution in [1.82, 2.24) is 30.6 Å². The van der Waals surface area contributed by atoms with Crippen LogP contribution >= 0.6 is 23.7 Å². The van der Waals surface area contributed by atoms with Gasteiger partial charge in [-0.15, -0.1) is 28.8 Å². The average molecular weight is 433 g/mol. The van der Waals surface area contributed by atoms with Gasteiger partial charge in [0.2, 0.25) is 0 Å². The lowest BCUT2D eigenvalue weighted by molar-refractivity contribution is 0.0934. The zero-order valence-electron chi connectivity index (χ0n) is 16.5. The zero-order chi connectivity index (χ0) is 19.5. The van der Waals surface area contributed by atoms with Gasteiger partial charge in [-0.05, 0) is 39.8 Å². The third-order valence-corrected chi connectivity index (χ3v) is 6.13. The predicted molar refractivity (Wildman–Crippen MR) is 117 cm³/mol. The van der Waals surface area contributed by atoms with E-state index in [0.29, 0.717) is 11.7 Å². The van der Waals surface area contributed by atoms with E-state index in [2.05, 4.69) is 25.9 Å². The minimum Gasteiger partial charge on any atom is -0.342 e. The van der Waals surface area contributed by atoms with Gasteiger partial charge in [-0.2, -0.15) is 0 Å². The van der Waals surface area contributed by atoms with E-state index < -0.39 is 0 Å². The summed E-state index contributed by atoms with van der Waals surface area (Å²) in [5, 5.41) is 17.7. The van der Waals surface area contributed by atoms with Crippen molar-refractivity contribution in [2.24, 2.45) is 0 Å². The number of carbonyl (C=O) groups is 1. The van der Waals surface area contributed by atoms with Crippen LogP contribution in [0.2, 0.25) is 0 Å². The number of halogens is 1. The molecule has 154 valence electrons. The van der Waals surface area contributed by atoms with Gasteiger partial charge in [0.1, 0.15) is 5.01 Å². The molecule has 1 amide bonds. The SMILES string of the molecule is Cc1c(C(=O)NC(C)c2nc(-c3ccccc3)cs2)nnn1C1CCNCC1.Cl. The van der Waals surface area contributed by atoms with E-state index in [0.717, 1.165) is 47.9 Å². The second-order valence-electron chi connectivity index (χ2n) is 7.08. The molecular weight excluding hydrogens is 408 g/mol. The maximum Gasteiger partial charge on any atom is 0.274 e. The Morgan fingerprint density at radius 3 is 2.72 bits per heavy atom. The van der Waals surface area contributed by atoms with Crippen LogP contribution in [0.5, 0.6) is 0 Å². The Bertz CT molecular complexity index is 951. The molecule has 0 radical (unpaired) electrons. The monoisotopic (exact) mass is 432 g/mol. The van der Waals surface area contributed by atoms with Crippen LogP contribution in [0.25, 0.3) is 11.3 Å². The van der Waals surface area contributed by atoms with Gasteiger partial charge in [-0.1, -0.05) is 35.5 Å². The highest BCUT2D eigenvalue weighted by Crippen LogP contribution is 2.26. The molecule has 2 aromatic heterocycles. The number of hydrogen-bond acceptors (Lipinski definition) is 6. The van der Waals surface area contributed by atoms with Crippen LogP contribution < -0.4 is 10.6 Å². The second kappa shape index (κ2) is 9.47. The maximum absolute atomic E-state index is 12.8. The summed E-state index contributed by atoms with van der Waals surface area (Å²) >= 11 is 1.55. The number of piperidine rings is 1. The quantitative estimate of drug-likeness (QED) is 0.644. The fourth-order valence-corrected chi connectivity index (χ4v) is 4.34. The molecule has 3 aromatic rings. The number of amides is 1. The minimum absolute atomic E-state index is 0. The topological polar surface area (TPSA) is 84.7 Å². The fourth-order valence-electron chi connectivity index (χ4n) is 3.50. The number of thiazole rings is 1. The second-order valence-corrected chi connectivity index (χ2v) is 7.97. The maximum atomic E-state index is 12.8. The lowest BCUT2D eigenvalue weighted by Gasteiger charge is -2.23. The van der Waals surface area contributed by atoms with E-state index in [9.17, 15) is 4.79 Å². The Labute approximate surface area is 180 Å². The van der Waals surface area contributed by atoms with Crippen molar-refractivity contribution in [2.75, 3.05) is 13.1 Å². The number of aromatic nitrogens is 4. The van der Waals surface area contributed by atoms with E-state index in [1.54, 1.807) is 11.3 Å². The third kappa shape index (κ3) is 4.66. The molecule has 1 aliphatic heterocycles. The van der Waals surface area contributed by atoms with Crippen LogP contribution in [0.1, 0.15) is 53.0 Å². The van der Waals surface area contributed by atoms with Gasteiger partial charge in [0, 0.05) is 10.9 Å². The van der Waals surface area contributed by atoms with Crippen molar-refractivity contribution in [3.05, 3.63) is 52.1 Å². The molecule has 29 heavy (non-hydrogen) atoms. The molecule has 3 heterocycles. The first-order chi connectivity index (χ1) is 13.6. The lowest BCUT2D eigenvalue weighted by Crippen LogP contribution is -2.31. The molecule has 1 unspecified atom stereocenters. The third-order valence-electron chi connectivity index (χ3n) is 5.11. The highest BCUT2D eigenvalue weighted by atomic mass is 35.5. The van der Waals surface area contributed by atoms with Crippen LogP contribution in [-0.4, -0.2) is 39.0 Å². The van der Waals surface area contributed by atoms with Crippen molar-refractivity contribution < 1.29 is 4.79 Å². The summed E-state index contributed by atoms with van der Waals surface area (Å²) in [7, 11) is 0. The summed E-state index contributed by atoms with van der Waals surface area (Å²) in [6, 6.07) is 10.1. The molecule has 0 spiro atoms. The number of hydrogen-bond donors (Lipinski definition) is 2. The molecule has 9 heteroatoms. The molecule has 1 fully saturated rings. The molecule has 0 aliphatic carbocycles. The summed E-state index contributed by atoms with van der Waals surface area (Å²) in [4.78, 5) is 17.4. The summed E-state index contributed by atoms with van der Waals surface area (Å²) in [6.45, 7) is 5.79. The van der Waals surface area contributed by atoms with Crippen LogP contribution in [-0.2, 0) is 0 Å². The van der Waals surface area contributed by atoms with Crippen molar-refractivity contribution in [1.29, 1.82) is 0 Å². The highest BCUT2D eigenvalue weighted by molar-refractivity contribution is 7.10. The highest BCUT2D eigenvalue weighted by Gasteiger charge is 2.24. The van der Waals surface area contributed by atoms with Gasteiger partial charge in [0.05, 0.1) is 23.5 Å². The molecule has 0 bridgehead atoms. The first-order valence-corrected chi connectivity index (χ1v) is 10.5. The number of nitrogens with zero attached hydrogens (tertiary/aromatic N) is 4. The molecule has 2 N–H and O–H groups in total. The zero-order valence-corrected chi connectivity index (χ0v) is 18.1. The first-order valence-electron chi connectivity index (χ1n) is 9.57. The largest absolute Gasteiger partial charge is 0.342 e. The Hall–Kier alpha value is -2.29. The van der Waals surface area contributed by atoms with Crippen molar-refractivity contribution in [2.45, 2.75) is 38.8 Å². The molecule has 7 nitrogen and oxygen atoms in total. The standard InChI is InChI=1S/C20H24N6OS.ClH/c1-13(20-23-17(12-28-20)15-6-4-3-5-7-15)22-19(27)18-14(2)26(25-24-18)16-8-10-21-11-9-16;/h3-7,12-13,16,21H,8-11H2,1-2H3,(H,22,27);1H. The van der Waals surface area contributed by atoms with Crippen LogP contribution in [0.4, 0.5) is 0 Å². The molecule has 1 aliphatic rings. The van der Waals surface area contributed by atoms with Gasteiger partial charge in [0.25, 0.3) is 5.91 Å². The first kappa shape index (κ1) is 21.4. The van der Waals surface area contributed by atoms with E-state index in [4.69, 9.17) is 0 Å². The molecule has 1 saturated heterocycles. The van der Waals surface area contributed by atoms with Crippen molar-refractivity contribution >= 4 is 29.7 Å². The summed E-state index contributed by atoms with van der Waals surface area (Å²) in [6.07, 6.45) is 2.01. The van der Waals surface area contributed by atoms with Gasteiger partial charge in [-0.25, -0.2) is 9.67 Å². The van der Waals surface area contributed by atoms with Gasteiger partial charge in [0.15, 0.2) is 5.69 Å². The molecule has 1 atom stereocenters. The Kier molecular flexibility index (Phi) is 7.00. The smallest absolute Gasteiger partial charge is 0.274 e. The molecular formula is C20H25ClN6OS. The van der Waals surface area contributed by atoms with Crippen LogP contribution in [0, 0.1) is 6.92 Å². The van der Waals surface area contributed by atoms with Crippen LogP contribution in [0.15, 0.2) is 35.7 Å². The van der Waals surface area contributed by atoms with E-state index in [-0.39, 0.29) is 24.4 Å². The Morgan fingerprint density at radius 1 is 1.28 bits per heavy atom. The van der Waals surface area contributed by atoms with Crippen molar-refractivity contribution in [3.8, 4) is 11.3 Å².